The molecule has 0 saturated carbocycles. The van der Waals surface area contributed by atoms with E-state index in [1.54, 1.807) is 4.90 Å². The first-order valence-corrected chi connectivity index (χ1v) is 7.31. The molecule has 0 aromatic heterocycles. The van der Waals surface area contributed by atoms with Gasteiger partial charge in [0.1, 0.15) is 0 Å². The van der Waals surface area contributed by atoms with E-state index in [9.17, 15) is 9.59 Å². The summed E-state index contributed by atoms with van der Waals surface area (Å²) in [5.41, 5.74) is 0.687. The van der Waals surface area contributed by atoms with Crippen LogP contribution in [0.3, 0.4) is 0 Å². The summed E-state index contributed by atoms with van der Waals surface area (Å²) < 4.78 is 1.11. The van der Waals surface area contributed by atoms with Crippen LogP contribution in [-0.2, 0) is 4.79 Å². The molecule has 0 spiro atoms. The van der Waals surface area contributed by atoms with Crippen LogP contribution < -0.4 is 0 Å². The fourth-order valence-corrected chi connectivity index (χ4v) is 2.47. The molecule has 1 fully saturated rings. The molecule has 1 heterocycles. The molecule has 96 valence electrons. The van der Waals surface area contributed by atoms with Gasteiger partial charge in [-0.05, 0) is 47.6 Å². The fraction of sp³-hybridized carbons (Fsp3) is 0.429. The second kappa shape index (κ2) is 6.31. The number of carbonyl (C=O) groups is 2. The number of rotatable bonds is 3. The number of nitrogens with zero attached hydrogens (tertiary/aromatic N) is 1. The van der Waals surface area contributed by atoms with Gasteiger partial charge in [0, 0.05) is 22.1 Å². The summed E-state index contributed by atoms with van der Waals surface area (Å²) in [6, 6.07) is 7.48. The summed E-state index contributed by atoms with van der Waals surface area (Å²) >= 11 is 2.21. The largest absolute Gasteiger partial charge is 0.335 e. The highest BCUT2D eigenvalue weighted by Crippen LogP contribution is 2.13. The summed E-state index contributed by atoms with van der Waals surface area (Å²) in [6.07, 6.45) is 3.62. The number of benzene rings is 1. The lowest BCUT2D eigenvalue weighted by molar-refractivity contribution is -0.130. The Labute approximate surface area is 121 Å². The molecular weight excluding hydrogens is 341 g/mol. The zero-order valence-corrected chi connectivity index (χ0v) is 12.4. The van der Waals surface area contributed by atoms with Crippen molar-refractivity contribution in [2.45, 2.75) is 25.7 Å². The molecule has 0 aliphatic carbocycles. The number of carbonyl (C=O) groups excluding carboxylic acids is 2. The number of hydrogen-bond acceptors (Lipinski definition) is 2. The Morgan fingerprint density at radius 3 is 2.61 bits per heavy atom. The van der Waals surface area contributed by atoms with Gasteiger partial charge in [0.25, 0.3) is 0 Å². The number of ketones is 1. The summed E-state index contributed by atoms with van der Waals surface area (Å²) in [4.78, 5) is 25.6. The standard InChI is InChI=1S/C14H16INO2/c15-12-7-5-11(6-8-12)13(17)10-16-9-3-1-2-4-14(16)18/h5-8H,1-4,9-10H2. The second-order valence-electron chi connectivity index (χ2n) is 4.56. The minimum atomic E-state index is 0.0293. The molecule has 1 aliphatic heterocycles. The van der Waals surface area contributed by atoms with Crippen LogP contribution >= 0.6 is 22.6 Å². The minimum Gasteiger partial charge on any atom is -0.335 e. The molecule has 0 radical (unpaired) electrons. The molecule has 1 aromatic carbocycles. The maximum Gasteiger partial charge on any atom is 0.222 e. The maximum atomic E-state index is 12.1. The molecule has 18 heavy (non-hydrogen) atoms. The van der Waals surface area contributed by atoms with E-state index in [-0.39, 0.29) is 18.2 Å². The van der Waals surface area contributed by atoms with Crippen molar-refractivity contribution in [3.05, 3.63) is 33.4 Å². The van der Waals surface area contributed by atoms with Crippen LogP contribution in [0.4, 0.5) is 0 Å². The topological polar surface area (TPSA) is 37.4 Å². The van der Waals surface area contributed by atoms with Crippen molar-refractivity contribution in [1.82, 2.24) is 4.90 Å². The van der Waals surface area contributed by atoms with Crippen LogP contribution in [0.1, 0.15) is 36.0 Å². The molecule has 3 nitrogen and oxygen atoms in total. The number of amides is 1. The van der Waals surface area contributed by atoms with Gasteiger partial charge in [-0.3, -0.25) is 9.59 Å². The van der Waals surface area contributed by atoms with E-state index in [0.717, 1.165) is 29.4 Å². The van der Waals surface area contributed by atoms with Crippen LogP contribution in [-0.4, -0.2) is 29.7 Å². The van der Waals surface area contributed by atoms with Crippen molar-refractivity contribution >= 4 is 34.3 Å². The molecule has 0 N–H and O–H groups in total. The number of hydrogen-bond donors (Lipinski definition) is 0. The smallest absolute Gasteiger partial charge is 0.222 e. The van der Waals surface area contributed by atoms with Crippen molar-refractivity contribution in [3.8, 4) is 0 Å². The van der Waals surface area contributed by atoms with E-state index in [1.165, 1.54) is 0 Å². The third-order valence-corrected chi connectivity index (χ3v) is 3.89. The highest BCUT2D eigenvalue weighted by atomic mass is 127. The SMILES string of the molecule is O=C(CN1CCCCCC1=O)c1ccc(I)cc1. The minimum absolute atomic E-state index is 0.0293. The second-order valence-corrected chi connectivity index (χ2v) is 5.80. The predicted octanol–water partition coefficient (Wildman–Crippen LogP) is 2.88. The van der Waals surface area contributed by atoms with Gasteiger partial charge in [-0.25, -0.2) is 0 Å². The van der Waals surface area contributed by atoms with Crippen LogP contribution in [0.25, 0.3) is 0 Å². The van der Waals surface area contributed by atoms with Crippen molar-refractivity contribution in [2.24, 2.45) is 0 Å². The number of likely N-dealkylation sites (tertiary alicyclic amines) is 1. The van der Waals surface area contributed by atoms with Gasteiger partial charge in [-0.1, -0.05) is 18.6 Å². The Morgan fingerprint density at radius 2 is 1.89 bits per heavy atom. The monoisotopic (exact) mass is 357 g/mol. The van der Waals surface area contributed by atoms with Crippen molar-refractivity contribution < 1.29 is 9.59 Å². The molecule has 0 unspecified atom stereocenters. The number of halogens is 1. The predicted molar refractivity (Wildman–Crippen MR) is 78.5 cm³/mol. The van der Waals surface area contributed by atoms with Crippen LogP contribution in [0.2, 0.25) is 0 Å². The van der Waals surface area contributed by atoms with Crippen LogP contribution in [0.15, 0.2) is 24.3 Å². The first-order chi connectivity index (χ1) is 8.66. The summed E-state index contributed by atoms with van der Waals surface area (Å²) in [7, 11) is 0. The average molecular weight is 357 g/mol. The molecule has 0 atom stereocenters. The van der Waals surface area contributed by atoms with Crippen LogP contribution in [0, 0.1) is 3.57 Å². The first-order valence-electron chi connectivity index (χ1n) is 6.23. The van der Waals surface area contributed by atoms with Gasteiger partial charge in [0.05, 0.1) is 6.54 Å². The molecule has 1 saturated heterocycles. The Hall–Kier alpha value is -0.910. The maximum absolute atomic E-state index is 12.1. The normalized spacial score (nSPS) is 16.5. The van der Waals surface area contributed by atoms with Gasteiger partial charge >= 0.3 is 0 Å². The zero-order chi connectivity index (χ0) is 13.0. The highest BCUT2D eigenvalue weighted by Gasteiger charge is 2.19. The molecule has 1 amide bonds. The van der Waals surface area contributed by atoms with Crippen molar-refractivity contribution in [2.75, 3.05) is 13.1 Å². The van der Waals surface area contributed by atoms with Gasteiger partial charge in [0.15, 0.2) is 5.78 Å². The van der Waals surface area contributed by atoms with E-state index in [4.69, 9.17) is 0 Å². The molecule has 4 heteroatoms. The Morgan fingerprint density at radius 1 is 1.17 bits per heavy atom. The van der Waals surface area contributed by atoms with Gasteiger partial charge < -0.3 is 4.90 Å². The summed E-state index contributed by atoms with van der Waals surface area (Å²) in [5.74, 6) is 0.146. The Kier molecular flexibility index (Phi) is 4.74. The molecule has 2 rings (SSSR count). The van der Waals surface area contributed by atoms with Crippen molar-refractivity contribution in [1.29, 1.82) is 0 Å². The molecule has 1 aromatic rings. The van der Waals surface area contributed by atoms with Gasteiger partial charge in [0.2, 0.25) is 5.91 Å². The van der Waals surface area contributed by atoms with E-state index >= 15 is 0 Å². The van der Waals surface area contributed by atoms with E-state index < -0.39 is 0 Å². The lowest BCUT2D eigenvalue weighted by Crippen LogP contribution is -2.35. The lowest BCUT2D eigenvalue weighted by Gasteiger charge is -2.19. The Balaban J connectivity index is 2.01. The van der Waals surface area contributed by atoms with E-state index in [2.05, 4.69) is 22.6 Å². The van der Waals surface area contributed by atoms with E-state index in [0.29, 0.717) is 12.0 Å². The van der Waals surface area contributed by atoms with Gasteiger partial charge in [-0.2, -0.15) is 0 Å². The molecule has 1 aliphatic rings. The third-order valence-electron chi connectivity index (χ3n) is 3.17. The lowest BCUT2D eigenvalue weighted by atomic mass is 10.1. The van der Waals surface area contributed by atoms with Gasteiger partial charge in [-0.15, -0.1) is 0 Å². The highest BCUT2D eigenvalue weighted by molar-refractivity contribution is 14.1. The quantitative estimate of drug-likeness (QED) is 0.616. The van der Waals surface area contributed by atoms with Crippen LogP contribution in [0.5, 0.6) is 0 Å². The molecular formula is C14H16INO2. The summed E-state index contributed by atoms with van der Waals surface area (Å²) in [5, 5.41) is 0. The van der Waals surface area contributed by atoms with E-state index in [1.807, 2.05) is 24.3 Å². The zero-order valence-electron chi connectivity index (χ0n) is 10.2. The average Bonchev–Trinajstić information content (AvgIpc) is 2.56. The third kappa shape index (κ3) is 3.54. The Bertz CT molecular complexity index is 442. The van der Waals surface area contributed by atoms with Crippen molar-refractivity contribution in [3.63, 3.8) is 0 Å². The first kappa shape index (κ1) is 13.5. The summed E-state index contributed by atoms with van der Waals surface area (Å²) in [6.45, 7) is 0.939. The fourth-order valence-electron chi connectivity index (χ4n) is 2.11. The molecule has 0 bridgehead atoms. The number of Topliss-reactive ketones (excluding diaryl/α,β-unsaturated/α-hetero) is 1.